The van der Waals surface area contributed by atoms with E-state index in [1.54, 1.807) is 6.07 Å². The Bertz CT molecular complexity index is 974. The van der Waals surface area contributed by atoms with Crippen LogP contribution in [0.15, 0.2) is 46.3 Å². The Morgan fingerprint density at radius 2 is 1.81 bits per heavy atom. The molecule has 1 unspecified atom stereocenters. The summed E-state index contributed by atoms with van der Waals surface area (Å²) in [5.74, 6) is 0.631. The molecule has 2 aliphatic heterocycles. The van der Waals surface area contributed by atoms with Crippen LogP contribution in [-0.2, 0) is 0 Å². The Kier molecular flexibility index (Phi) is 9.54. The van der Waals surface area contributed by atoms with Gasteiger partial charge in [-0.05, 0) is 76.3 Å². The zero-order chi connectivity index (χ0) is 23.1. The molecule has 0 saturated heterocycles. The minimum atomic E-state index is -0.749. The van der Waals surface area contributed by atoms with Crippen LogP contribution in [0, 0.1) is 5.82 Å². The van der Waals surface area contributed by atoms with E-state index in [0.29, 0.717) is 12.2 Å². The first-order valence-corrected chi connectivity index (χ1v) is 13.2. The molecule has 2 heterocycles. The van der Waals surface area contributed by atoms with E-state index in [4.69, 9.17) is 21.4 Å². The van der Waals surface area contributed by atoms with Crippen LogP contribution in [0.4, 0.5) is 21.5 Å². The predicted molar refractivity (Wildman–Crippen MR) is 138 cm³/mol. The number of amidine groups is 1. The molecule has 0 fully saturated rings. The molecule has 0 saturated carbocycles. The molecule has 4 nitrogen and oxygen atoms in total. The van der Waals surface area contributed by atoms with Crippen LogP contribution < -0.4 is 10.6 Å². The van der Waals surface area contributed by atoms with Gasteiger partial charge in [0.15, 0.2) is 0 Å². The van der Waals surface area contributed by atoms with E-state index in [0.717, 1.165) is 52.2 Å². The van der Waals surface area contributed by atoms with Crippen LogP contribution in [0.2, 0.25) is 0 Å². The highest BCUT2D eigenvalue weighted by atomic mass is 35.7. The van der Waals surface area contributed by atoms with Crippen LogP contribution in [0.1, 0.15) is 53.5 Å². The quantitative estimate of drug-likeness (QED) is 0.382. The number of nitrogen functional groups attached to an aromatic ring is 1. The Balaban J connectivity index is 0.000000807. The molecule has 170 valence electrons. The third-order valence-corrected chi connectivity index (χ3v) is 7.23. The fourth-order valence-corrected chi connectivity index (χ4v) is 5.89. The molecule has 0 spiro atoms. The van der Waals surface area contributed by atoms with E-state index in [1.165, 1.54) is 12.1 Å². The summed E-state index contributed by atoms with van der Waals surface area (Å²) in [6.07, 6.45) is 1.07. The van der Waals surface area contributed by atoms with Crippen molar-refractivity contribution in [3.05, 3.63) is 47.8 Å². The molecule has 0 amide bonds. The monoisotopic (exact) mass is 464 g/mol. The minimum absolute atomic E-state index is 0.274. The number of rotatable bonds is 5. The van der Waals surface area contributed by atoms with Gasteiger partial charge in [-0.25, -0.2) is 9.38 Å². The Morgan fingerprint density at radius 3 is 2.45 bits per heavy atom. The predicted octanol–water partition coefficient (Wildman–Crippen LogP) is 7.02. The van der Waals surface area contributed by atoms with Gasteiger partial charge in [0.2, 0.25) is 0 Å². The topological polar surface area (TPSA) is 44.9 Å². The molecular weight excluding hydrogens is 431 g/mol. The average Bonchev–Trinajstić information content (AvgIpc) is 3.08. The molecule has 0 aliphatic carbocycles. The van der Waals surface area contributed by atoms with Gasteiger partial charge in [-0.2, -0.15) is 0 Å². The van der Waals surface area contributed by atoms with Crippen molar-refractivity contribution in [3.8, 4) is 0 Å². The van der Waals surface area contributed by atoms with Crippen LogP contribution in [0.25, 0.3) is 0 Å². The van der Waals surface area contributed by atoms with Crippen LogP contribution >= 0.6 is 20.4 Å². The molecule has 0 radical (unpaired) electrons. The van der Waals surface area contributed by atoms with Crippen molar-refractivity contribution < 1.29 is 4.39 Å². The number of hydrogen-bond acceptors (Lipinski definition) is 4. The van der Waals surface area contributed by atoms with E-state index in [1.807, 2.05) is 45.9 Å². The molecule has 2 aromatic carbocycles. The van der Waals surface area contributed by atoms with E-state index >= 15 is 0 Å². The van der Waals surface area contributed by atoms with Crippen LogP contribution in [-0.4, -0.2) is 35.4 Å². The normalized spacial score (nSPS) is 15.8. The lowest BCUT2D eigenvalue weighted by molar-refractivity contribution is 0.328. The van der Waals surface area contributed by atoms with Crippen molar-refractivity contribution in [2.24, 2.45) is 4.99 Å². The van der Waals surface area contributed by atoms with Crippen molar-refractivity contribution in [1.29, 1.82) is 0 Å². The van der Waals surface area contributed by atoms with Crippen molar-refractivity contribution in [1.82, 2.24) is 4.90 Å². The average molecular weight is 465 g/mol. The van der Waals surface area contributed by atoms with Gasteiger partial charge in [0.25, 0.3) is 0 Å². The third kappa shape index (κ3) is 5.13. The zero-order valence-electron chi connectivity index (χ0n) is 19.4. The maximum atomic E-state index is 13.9. The highest BCUT2D eigenvalue weighted by Crippen LogP contribution is 2.51. The molecule has 4 rings (SSSR count). The summed E-state index contributed by atoms with van der Waals surface area (Å²) in [7, 11) is 6.09. The number of aliphatic imine (C=N–C) groups is 1. The first kappa shape index (κ1) is 25.4. The van der Waals surface area contributed by atoms with Gasteiger partial charge >= 0.3 is 0 Å². The van der Waals surface area contributed by atoms with Gasteiger partial charge < -0.3 is 5.73 Å². The number of anilines is 2. The lowest BCUT2D eigenvalue weighted by atomic mass is 10.1. The van der Waals surface area contributed by atoms with Gasteiger partial charge in [0.1, 0.15) is 11.7 Å². The Morgan fingerprint density at radius 1 is 1.10 bits per heavy atom. The number of halogens is 2. The number of nitrogens with zero attached hydrogens (tertiary/aromatic N) is 3. The molecule has 1 atom stereocenters. The summed E-state index contributed by atoms with van der Waals surface area (Å²) >= 11 is 0. The fraction of sp³-hybridized carbons (Fsp3) is 0.417. The summed E-state index contributed by atoms with van der Waals surface area (Å²) in [6, 6.07) is 10.5. The van der Waals surface area contributed by atoms with Crippen molar-refractivity contribution in [2.75, 3.05) is 30.3 Å². The van der Waals surface area contributed by atoms with E-state index in [9.17, 15) is 4.39 Å². The summed E-state index contributed by atoms with van der Waals surface area (Å²) in [5, 5.41) is 0. The van der Waals surface area contributed by atoms with Crippen LogP contribution in [0.3, 0.4) is 0 Å². The second kappa shape index (κ2) is 11.7. The molecule has 2 N–H and O–H groups in total. The second-order valence-electron chi connectivity index (χ2n) is 6.68. The van der Waals surface area contributed by atoms with Gasteiger partial charge in [-0.3, -0.25) is 9.80 Å². The summed E-state index contributed by atoms with van der Waals surface area (Å²) in [4.78, 5) is 11.2. The number of fused-ring (bicyclic) bond motifs is 5. The summed E-state index contributed by atoms with van der Waals surface area (Å²) in [5.41, 5.74) is 9.37. The summed E-state index contributed by atoms with van der Waals surface area (Å²) in [6.45, 7) is 14.9. The van der Waals surface area contributed by atoms with Gasteiger partial charge in [0.05, 0.1) is 22.9 Å². The lowest BCUT2D eigenvalue weighted by Crippen LogP contribution is -2.44. The maximum Gasteiger partial charge on any atom is 0.129 e. The first-order chi connectivity index (χ1) is 15.0. The first-order valence-electron chi connectivity index (χ1n) is 11.1. The highest BCUT2D eigenvalue weighted by Gasteiger charge is 2.36. The van der Waals surface area contributed by atoms with Crippen molar-refractivity contribution >= 4 is 48.3 Å². The standard InChI is InChI=1S/C20H22ClFN4S.2C2H6/c1-3-9-25(4-2)12-19-24-16-11-14(23)6-7-15(16)20-26(19)17-8-5-13(22)10-18(17)27(20)21;2*1-2/h5-8,10-11H,3-4,9,12,23H2,1-2H3;2*1-2H3. The molecule has 0 aromatic heterocycles. The number of nitrogens with two attached hydrogens (primary N) is 1. The van der Waals surface area contributed by atoms with Gasteiger partial charge in [0, 0.05) is 16.1 Å². The Labute approximate surface area is 193 Å². The molecule has 0 bridgehead atoms. The second-order valence-corrected chi connectivity index (χ2v) is 8.95. The molecule has 2 aromatic rings. The zero-order valence-corrected chi connectivity index (χ0v) is 20.9. The lowest BCUT2D eigenvalue weighted by Gasteiger charge is -2.32. The maximum absolute atomic E-state index is 13.9. The molecular formula is C24H34ClFN4S. The fourth-order valence-electron chi connectivity index (χ4n) is 3.57. The van der Waals surface area contributed by atoms with Crippen molar-refractivity contribution in [2.45, 2.75) is 52.9 Å². The number of benzene rings is 2. The smallest absolute Gasteiger partial charge is 0.129 e. The van der Waals surface area contributed by atoms with Crippen molar-refractivity contribution in [3.63, 3.8) is 0 Å². The highest BCUT2D eigenvalue weighted by molar-refractivity contribution is 8.35. The SMILES string of the molecule is CC.CC.CCCN(CC)CC1=Nc2cc(N)ccc2C2=S(Cl)c3cc(F)ccc3N12. The van der Waals surface area contributed by atoms with E-state index in [2.05, 4.69) is 23.6 Å². The van der Waals surface area contributed by atoms with E-state index < -0.39 is 9.70 Å². The molecule has 31 heavy (non-hydrogen) atoms. The minimum Gasteiger partial charge on any atom is -0.399 e. The van der Waals surface area contributed by atoms with Gasteiger partial charge in [-0.15, -0.1) is 0 Å². The molecule has 7 heteroatoms. The molecule has 2 aliphatic rings. The number of likely N-dealkylation sites (N-methyl/N-ethyl adjacent to an activating group) is 1. The third-order valence-electron chi connectivity index (χ3n) is 4.84. The summed E-state index contributed by atoms with van der Waals surface area (Å²) < 4.78 is 13.9. The van der Waals surface area contributed by atoms with Gasteiger partial charge in [-0.1, -0.05) is 41.5 Å². The van der Waals surface area contributed by atoms with E-state index in [-0.39, 0.29) is 5.82 Å². The Hall–Kier alpha value is -1.89. The largest absolute Gasteiger partial charge is 0.399 e. The number of hydrogen-bond donors (Lipinski definition) is 1. The van der Waals surface area contributed by atoms with Crippen LogP contribution in [0.5, 0.6) is 0 Å².